The molecule has 0 aliphatic rings. The van der Waals surface area contributed by atoms with Gasteiger partial charge in [-0.15, -0.1) is 0 Å². The molecule has 0 radical (unpaired) electrons. The Bertz CT molecular complexity index is 599. The van der Waals surface area contributed by atoms with Crippen LogP contribution in [0.1, 0.15) is 18.1 Å². The van der Waals surface area contributed by atoms with Crippen LogP contribution >= 0.6 is 11.8 Å². The van der Waals surface area contributed by atoms with Crippen molar-refractivity contribution in [2.24, 2.45) is 0 Å². The minimum absolute atomic E-state index is 0.312. The van der Waals surface area contributed by atoms with Crippen LogP contribution in [0.4, 0.5) is 8.78 Å². The molecule has 0 spiro atoms. The SMILES string of the molecule is CCNCc1cc(C)ccc1Sc1cc(F)ccc1F. The first-order valence-corrected chi connectivity index (χ1v) is 7.35. The first kappa shape index (κ1) is 15.0. The van der Waals surface area contributed by atoms with E-state index in [0.717, 1.165) is 41.2 Å². The van der Waals surface area contributed by atoms with Gasteiger partial charge in [0.15, 0.2) is 0 Å². The second-order valence-electron chi connectivity index (χ2n) is 4.57. The van der Waals surface area contributed by atoms with Crippen LogP contribution in [0.3, 0.4) is 0 Å². The van der Waals surface area contributed by atoms with E-state index in [2.05, 4.69) is 11.4 Å². The highest BCUT2D eigenvalue weighted by Crippen LogP contribution is 2.33. The summed E-state index contributed by atoms with van der Waals surface area (Å²) in [5.41, 5.74) is 2.25. The third-order valence-electron chi connectivity index (χ3n) is 2.89. The fourth-order valence-electron chi connectivity index (χ4n) is 1.88. The van der Waals surface area contributed by atoms with Gasteiger partial charge in [-0.1, -0.05) is 36.4 Å². The number of hydrogen-bond acceptors (Lipinski definition) is 2. The van der Waals surface area contributed by atoms with Crippen LogP contribution in [0.15, 0.2) is 46.2 Å². The first-order valence-electron chi connectivity index (χ1n) is 6.53. The Morgan fingerprint density at radius 1 is 1.05 bits per heavy atom. The zero-order valence-corrected chi connectivity index (χ0v) is 12.4. The molecule has 4 heteroatoms. The molecule has 0 unspecified atom stereocenters. The lowest BCUT2D eigenvalue weighted by Crippen LogP contribution is -2.12. The topological polar surface area (TPSA) is 12.0 Å². The van der Waals surface area contributed by atoms with Crippen molar-refractivity contribution in [2.45, 2.75) is 30.2 Å². The van der Waals surface area contributed by atoms with Crippen LogP contribution in [0.25, 0.3) is 0 Å². The Morgan fingerprint density at radius 3 is 2.60 bits per heavy atom. The van der Waals surface area contributed by atoms with Crippen molar-refractivity contribution >= 4 is 11.8 Å². The van der Waals surface area contributed by atoms with Gasteiger partial charge in [0.1, 0.15) is 11.6 Å². The Hall–Kier alpha value is -1.39. The highest BCUT2D eigenvalue weighted by Gasteiger charge is 2.09. The molecule has 0 aliphatic carbocycles. The molecule has 106 valence electrons. The van der Waals surface area contributed by atoms with E-state index in [-0.39, 0.29) is 0 Å². The third-order valence-corrected chi connectivity index (χ3v) is 4.05. The quantitative estimate of drug-likeness (QED) is 0.869. The van der Waals surface area contributed by atoms with Crippen LogP contribution in [-0.4, -0.2) is 6.54 Å². The lowest BCUT2D eigenvalue weighted by Gasteiger charge is -2.11. The van der Waals surface area contributed by atoms with Crippen LogP contribution < -0.4 is 5.32 Å². The third kappa shape index (κ3) is 3.81. The van der Waals surface area contributed by atoms with Gasteiger partial charge >= 0.3 is 0 Å². The van der Waals surface area contributed by atoms with E-state index in [1.807, 2.05) is 26.0 Å². The maximum Gasteiger partial charge on any atom is 0.137 e. The zero-order chi connectivity index (χ0) is 14.5. The molecule has 2 rings (SSSR count). The Balaban J connectivity index is 2.30. The van der Waals surface area contributed by atoms with Crippen molar-refractivity contribution in [3.8, 4) is 0 Å². The molecule has 0 amide bonds. The summed E-state index contributed by atoms with van der Waals surface area (Å²) < 4.78 is 26.9. The van der Waals surface area contributed by atoms with E-state index < -0.39 is 11.6 Å². The first-order chi connectivity index (χ1) is 9.60. The van der Waals surface area contributed by atoms with Crippen molar-refractivity contribution in [2.75, 3.05) is 6.54 Å². The maximum atomic E-state index is 13.7. The summed E-state index contributed by atoms with van der Waals surface area (Å²) in [6, 6.07) is 9.54. The van der Waals surface area contributed by atoms with Crippen molar-refractivity contribution in [3.05, 3.63) is 59.2 Å². The molecular weight excluding hydrogens is 276 g/mol. The molecule has 1 nitrogen and oxygen atoms in total. The highest BCUT2D eigenvalue weighted by molar-refractivity contribution is 7.99. The zero-order valence-electron chi connectivity index (χ0n) is 11.5. The smallest absolute Gasteiger partial charge is 0.137 e. The molecule has 0 bridgehead atoms. The fraction of sp³-hybridized carbons (Fsp3) is 0.250. The van der Waals surface area contributed by atoms with Crippen LogP contribution in [0.2, 0.25) is 0 Å². The normalized spacial score (nSPS) is 10.8. The maximum absolute atomic E-state index is 13.7. The molecule has 0 aromatic heterocycles. The van der Waals surface area contributed by atoms with Crippen LogP contribution in [0, 0.1) is 18.6 Å². The second kappa shape index (κ2) is 6.86. The minimum Gasteiger partial charge on any atom is -0.313 e. The number of aryl methyl sites for hydroxylation is 1. The molecular formula is C16H17F2NS. The number of benzene rings is 2. The fourth-order valence-corrected chi connectivity index (χ4v) is 2.85. The van der Waals surface area contributed by atoms with E-state index >= 15 is 0 Å². The van der Waals surface area contributed by atoms with Crippen LogP contribution in [0.5, 0.6) is 0 Å². The van der Waals surface area contributed by atoms with E-state index in [1.165, 1.54) is 17.8 Å². The molecule has 20 heavy (non-hydrogen) atoms. The number of rotatable bonds is 5. The minimum atomic E-state index is -0.422. The van der Waals surface area contributed by atoms with Gasteiger partial charge in [-0.2, -0.15) is 0 Å². The summed E-state index contributed by atoms with van der Waals surface area (Å²) in [5.74, 6) is -0.819. The number of halogens is 2. The van der Waals surface area contributed by atoms with Gasteiger partial charge in [-0.25, -0.2) is 8.78 Å². The largest absolute Gasteiger partial charge is 0.313 e. The molecule has 0 atom stereocenters. The standard InChI is InChI=1S/C16H17F2NS/c1-3-19-10-12-8-11(2)4-7-15(12)20-16-9-13(17)5-6-14(16)18/h4-9,19H,3,10H2,1-2H3. The summed E-state index contributed by atoms with van der Waals surface area (Å²) in [6.45, 7) is 5.64. The lowest BCUT2D eigenvalue weighted by atomic mass is 10.1. The summed E-state index contributed by atoms with van der Waals surface area (Å²) in [7, 11) is 0. The molecule has 0 saturated carbocycles. The average molecular weight is 293 g/mol. The van der Waals surface area contributed by atoms with Gasteiger partial charge in [-0.05, 0) is 43.3 Å². The van der Waals surface area contributed by atoms with Gasteiger partial charge in [0, 0.05) is 11.4 Å². The van der Waals surface area contributed by atoms with Crippen molar-refractivity contribution in [3.63, 3.8) is 0 Å². The summed E-state index contributed by atoms with van der Waals surface area (Å²) in [4.78, 5) is 1.26. The van der Waals surface area contributed by atoms with Gasteiger partial charge in [0.05, 0.1) is 4.90 Å². The number of hydrogen-bond donors (Lipinski definition) is 1. The second-order valence-corrected chi connectivity index (χ2v) is 5.65. The summed E-state index contributed by atoms with van der Waals surface area (Å²) >= 11 is 1.26. The van der Waals surface area contributed by atoms with Gasteiger partial charge in [0.2, 0.25) is 0 Å². The number of nitrogens with one attached hydrogen (secondary N) is 1. The van der Waals surface area contributed by atoms with Crippen molar-refractivity contribution in [1.82, 2.24) is 5.32 Å². The summed E-state index contributed by atoms with van der Waals surface area (Å²) in [5, 5.41) is 3.26. The van der Waals surface area contributed by atoms with Crippen molar-refractivity contribution in [1.29, 1.82) is 0 Å². The van der Waals surface area contributed by atoms with E-state index in [9.17, 15) is 8.78 Å². The molecule has 1 N–H and O–H groups in total. The van der Waals surface area contributed by atoms with E-state index in [0.29, 0.717) is 4.90 Å². The van der Waals surface area contributed by atoms with Crippen molar-refractivity contribution < 1.29 is 8.78 Å². The summed E-state index contributed by atoms with van der Waals surface area (Å²) in [6.07, 6.45) is 0. The molecule has 0 aliphatic heterocycles. The van der Waals surface area contributed by atoms with Gasteiger partial charge in [-0.3, -0.25) is 0 Å². The predicted octanol–water partition coefficient (Wildman–Crippen LogP) is 4.53. The van der Waals surface area contributed by atoms with Gasteiger partial charge in [0.25, 0.3) is 0 Å². The monoisotopic (exact) mass is 293 g/mol. The Labute approximate surface area is 122 Å². The average Bonchev–Trinajstić information content (AvgIpc) is 2.43. The molecule has 2 aromatic rings. The van der Waals surface area contributed by atoms with Gasteiger partial charge < -0.3 is 5.32 Å². The lowest BCUT2D eigenvalue weighted by molar-refractivity contribution is 0.577. The molecule has 0 fully saturated rings. The highest BCUT2D eigenvalue weighted by atomic mass is 32.2. The Kier molecular flexibility index (Phi) is 5.15. The molecule has 0 saturated heterocycles. The van der Waals surface area contributed by atoms with E-state index in [4.69, 9.17) is 0 Å². The molecule has 2 aromatic carbocycles. The predicted molar refractivity (Wildman–Crippen MR) is 79.0 cm³/mol. The van der Waals surface area contributed by atoms with Crippen LogP contribution in [-0.2, 0) is 6.54 Å². The molecule has 0 heterocycles. The Morgan fingerprint density at radius 2 is 1.85 bits per heavy atom. The van der Waals surface area contributed by atoms with E-state index in [1.54, 1.807) is 0 Å².